The Hall–Kier alpha value is -0.790. The molecule has 0 N–H and O–H groups in total. The van der Waals surface area contributed by atoms with Gasteiger partial charge in [0, 0.05) is 18.5 Å². The molecule has 92 valence electrons. The first kappa shape index (κ1) is 13.3. The zero-order valence-corrected chi connectivity index (χ0v) is 11.0. The Kier molecular flexibility index (Phi) is 4.57. The van der Waals surface area contributed by atoms with Crippen molar-refractivity contribution in [3.8, 4) is 0 Å². The van der Waals surface area contributed by atoms with Crippen molar-refractivity contribution in [3.63, 3.8) is 0 Å². The highest BCUT2D eigenvalue weighted by Gasteiger charge is 2.29. The molecule has 1 aliphatic rings. The zero-order chi connectivity index (χ0) is 12.2. The molecule has 2 heteroatoms. The summed E-state index contributed by atoms with van der Waals surface area (Å²) in [6.07, 6.45) is 6.97. The average molecular weight is 225 g/mol. The van der Waals surface area contributed by atoms with Crippen LogP contribution in [-0.4, -0.2) is 18.0 Å². The van der Waals surface area contributed by atoms with Crippen LogP contribution in [0.4, 0.5) is 4.39 Å². The molecule has 1 rings (SSSR count). The number of halogens is 1. The summed E-state index contributed by atoms with van der Waals surface area (Å²) < 4.78 is 14.3. The largest absolute Gasteiger partial charge is 0.369 e. The van der Waals surface area contributed by atoms with Gasteiger partial charge in [-0.15, -0.1) is 0 Å². The normalized spacial score (nSPS) is 19.1. The Bertz CT molecular complexity index is 283. The Labute approximate surface area is 99.0 Å². The monoisotopic (exact) mass is 225 g/mol. The molecule has 0 unspecified atom stereocenters. The molecule has 0 heterocycles. The van der Waals surface area contributed by atoms with Crippen molar-refractivity contribution >= 4 is 0 Å². The Morgan fingerprint density at radius 2 is 1.81 bits per heavy atom. The van der Waals surface area contributed by atoms with Gasteiger partial charge < -0.3 is 4.90 Å². The molecular weight excluding hydrogens is 201 g/mol. The quantitative estimate of drug-likeness (QED) is 0.675. The van der Waals surface area contributed by atoms with Crippen molar-refractivity contribution in [2.75, 3.05) is 13.1 Å². The molecule has 1 aliphatic carbocycles. The predicted molar refractivity (Wildman–Crippen MR) is 67.8 cm³/mol. The lowest BCUT2D eigenvalue weighted by Gasteiger charge is -2.33. The van der Waals surface area contributed by atoms with Gasteiger partial charge in [0.05, 0.1) is 5.70 Å². The number of hydrogen-bond acceptors (Lipinski definition) is 1. The van der Waals surface area contributed by atoms with E-state index in [9.17, 15) is 4.39 Å². The minimum atomic E-state index is -0.330. The van der Waals surface area contributed by atoms with Crippen LogP contribution >= 0.6 is 0 Å². The molecule has 1 nitrogen and oxygen atoms in total. The van der Waals surface area contributed by atoms with E-state index in [-0.39, 0.29) is 11.2 Å². The fourth-order valence-corrected chi connectivity index (χ4v) is 2.11. The van der Waals surface area contributed by atoms with Gasteiger partial charge in [-0.3, -0.25) is 0 Å². The lowest BCUT2D eigenvalue weighted by atomic mass is 9.83. The van der Waals surface area contributed by atoms with Gasteiger partial charge in [0.15, 0.2) is 0 Å². The summed E-state index contributed by atoms with van der Waals surface area (Å²) in [7, 11) is 0. The topological polar surface area (TPSA) is 3.24 Å². The molecule has 0 saturated heterocycles. The molecule has 0 amide bonds. The molecule has 0 atom stereocenters. The van der Waals surface area contributed by atoms with Crippen LogP contribution in [0.15, 0.2) is 23.7 Å². The first-order valence-electron chi connectivity index (χ1n) is 6.34. The van der Waals surface area contributed by atoms with Crippen LogP contribution in [0, 0.1) is 5.41 Å². The zero-order valence-electron chi connectivity index (χ0n) is 11.0. The van der Waals surface area contributed by atoms with Crippen molar-refractivity contribution < 1.29 is 4.39 Å². The third-order valence-electron chi connectivity index (χ3n) is 3.05. The second kappa shape index (κ2) is 5.51. The summed E-state index contributed by atoms with van der Waals surface area (Å²) in [6.45, 7) is 10.1. The standard InChI is InChI=1S/C14H24FN/c1-5-10-16(11-6-2)12-8-7-9-14(3,4)13(12)15/h7-8H,5-6,9-11H2,1-4H3. The molecule has 0 aromatic rings. The summed E-state index contributed by atoms with van der Waals surface area (Å²) >= 11 is 0. The van der Waals surface area contributed by atoms with Gasteiger partial charge in [-0.1, -0.05) is 33.8 Å². The first-order chi connectivity index (χ1) is 7.53. The van der Waals surface area contributed by atoms with Crippen molar-refractivity contribution in [1.29, 1.82) is 0 Å². The first-order valence-corrected chi connectivity index (χ1v) is 6.34. The third-order valence-corrected chi connectivity index (χ3v) is 3.05. The van der Waals surface area contributed by atoms with Crippen molar-refractivity contribution in [3.05, 3.63) is 23.7 Å². The summed E-state index contributed by atoms with van der Waals surface area (Å²) in [5, 5.41) is 0. The van der Waals surface area contributed by atoms with E-state index in [1.54, 1.807) is 0 Å². The molecule has 0 spiro atoms. The maximum absolute atomic E-state index is 14.3. The van der Waals surface area contributed by atoms with Gasteiger partial charge in [-0.05, 0) is 25.3 Å². The molecule has 0 aromatic carbocycles. The van der Waals surface area contributed by atoms with Gasteiger partial charge >= 0.3 is 0 Å². The number of hydrogen-bond donors (Lipinski definition) is 0. The predicted octanol–water partition coefficient (Wildman–Crippen LogP) is 4.28. The second-order valence-electron chi connectivity index (χ2n) is 5.18. The van der Waals surface area contributed by atoms with E-state index in [1.165, 1.54) is 0 Å². The molecule has 0 fully saturated rings. The lowest BCUT2D eigenvalue weighted by Crippen LogP contribution is -2.29. The van der Waals surface area contributed by atoms with Crippen LogP contribution in [0.3, 0.4) is 0 Å². The molecule has 0 aromatic heterocycles. The lowest BCUT2D eigenvalue weighted by molar-refractivity contribution is 0.285. The second-order valence-corrected chi connectivity index (χ2v) is 5.18. The van der Waals surface area contributed by atoms with E-state index in [0.717, 1.165) is 38.0 Å². The fourth-order valence-electron chi connectivity index (χ4n) is 2.11. The molecule has 0 bridgehead atoms. The van der Waals surface area contributed by atoms with Crippen molar-refractivity contribution in [2.24, 2.45) is 5.41 Å². The van der Waals surface area contributed by atoms with Crippen LogP contribution < -0.4 is 0 Å². The summed E-state index contributed by atoms with van der Waals surface area (Å²) in [6, 6.07) is 0. The highest BCUT2D eigenvalue weighted by atomic mass is 19.1. The van der Waals surface area contributed by atoms with E-state index in [0.29, 0.717) is 0 Å². The maximum atomic E-state index is 14.3. The minimum absolute atomic E-state index is 0.0527. The van der Waals surface area contributed by atoms with Crippen LogP contribution in [0.2, 0.25) is 0 Å². The van der Waals surface area contributed by atoms with Crippen molar-refractivity contribution in [2.45, 2.75) is 47.0 Å². The van der Waals surface area contributed by atoms with Gasteiger partial charge in [0.2, 0.25) is 0 Å². The highest BCUT2D eigenvalue weighted by molar-refractivity contribution is 5.29. The van der Waals surface area contributed by atoms with E-state index < -0.39 is 0 Å². The van der Waals surface area contributed by atoms with Crippen molar-refractivity contribution in [1.82, 2.24) is 4.90 Å². The summed E-state index contributed by atoms with van der Waals surface area (Å²) in [5.74, 6) is 0.0527. The maximum Gasteiger partial charge on any atom is 0.129 e. The Balaban J connectivity index is 2.93. The van der Waals surface area contributed by atoms with Gasteiger partial charge in [0.25, 0.3) is 0 Å². The summed E-state index contributed by atoms with van der Waals surface area (Å²) in [4.78, 5) is 2.17. The van der Waals surface area contributed by atoms with Gasteiger partial charge in [-0.2, -0.15) is 0 Å². The van der Waals surface area contributed by atoms with E-state index in [2.05, 4.69) is 24.8 Å². The molecular formula is C14H24FN. The van der Waals surface area contributed by atoms with Crippen LogP contribution in [0.5, 0.6) is 0 Å². The van der Waals surface area contributed by atoms with Gasteiger partial charge in [-0.25, -0.2) is 4.39 Å². The number of rotatable bonds is 5. The minimum Gasteiger partial charge on any atom is -0.369 e. The molecule has 0 aliphatic heterocycles. The molecule has 0 saturated carbocycles. The highest BCUT2D eigenvalue weighted by Crippen LogP contribution is 2.38. The van der Waals surface area contributed by atoms with Crippen LogP contribution in [-0.2, 0) is 0 Å². The van der Waals surface area contributed by atoms with Crippen LogP contribution in [0.1, 0.15) is 47.0 Å². The SMILES string of the molecule is CCCN(CCC)C1=C(F)C(C)(C)CC=C1. The summed E-state index contributed by atoms with van der Waals surface area (Å²) in [5.41, 5.74) is 0.476. The molecule has 0 radical (unpaired) electrons. The fraction of sp³-hybridized carbons (Fsp3) is 0.714. The van der Waals surface area contributed by atoms with Gasteiger partial charge in [0.1, 0.15) is 5.83 Å². The molecule has 16 heavy (non-hydrogen) atoms. The smallest absolute Gasteiger partial charge is 0.129 e. The number of nitrogens with zero attached hydrogens (tertiary/aromatic N) is 1. The average Bonchev–Trinajstić information content (AvgIpc) is 2.22. The van der Waals surface area contributed by atoms with Crippen LogP contribution in [0.25, 0.3) is 0 Å². The Morgan fingerprint density at radius 3 is 2.31 bits per heavy atom. The van der Waals surface area contributed by atoms with E-state index >= 15 is 0 Å². The third kappa shape index (κ3) is 2.87. The Morgan fingerprint density at radius 1 is 1.25 bits per heavy atom. The van der Waals surface area contributed by atoms with E-state index in [4.69, 9.17) is 0 Å². The van der Waals surface area contributed by atoms with E-state index in [1.807, 2.05) is 19.9 Å². The number of allylic oxidation sites excluding steroid dienone is 3.